The van der Waals surface area contributed by atoms with Gasteiger partial charge in [-0.15, -0.1) is 0 Å². The average Bonchev–Trinajstić information content (AvgIpc) is 2.96. The molecule has 130 valence electrons. The van der Waals surface area contributed by atoms with E-state index in [4.69, 9.17) is 10.5 Å². The third kappa shape index (κ3) is 2.25. The van der Waals surface area contributed by atoms with Crippen molar-refractivity contribution < 1.29 is 19.7 Å². The molecule has 0 bridgehead atoms. The number of anilines is 1. The molecule has 1 saturated heterocycles. The number of carbonyl (C=O) groups excluding carboxylic acids is 1. The molecule has 1 fully saturated rings. The zero-order chi connectivity index (χ0) is 17.6. The Morgan fingerprint density at radius 2 is 2.17 bits per heavy atom. The van der Waals surface area contributed by atoms with E-state index in [1.807, 2.05) is 0 Å². The second-order valence-corrected chi connectivity index (χ2v) is 5.65. The Hall–Kier alpha value is -2.50. The summed E-state index contributed by atoms with van der Waals surface area (Å²) in [5, 5.41) is 19.7. The first-order valence-electron chi connectivity index (χ1n) is 7.29. The average molecular weight is 339 g/mol. The molecule has 0 amide bonds. The minimum Gasteiger partial charge on any atom is -0.394 e. The molecule has 0 aliphatic carbocycles. The molecular formula is C13H17N5O6. The fraction of sp³-hybridized carbons (Fsp3) is 0.538. The van der Waals surface area contributed by atoms with E-state index >= 15 is 0 Å². The maximum absolute atomic E-state index is 12.7. The third-order valence-corrected chi connectivity index (χ3v) is 4.25. The summed E-state index contributed by atoms with van der Waals surface area (Å²) in [6.45, 7) is 0.960. The van der Waals surface area contributed by atoms with Crippen LogP contribution in [-0.4, -0.2) is 54.4 Å². The Morgan fingerprint density at radius 1 is 1.46 bits per heavy atom. The van der Waals surface area contributed by atoms with Crippen molar-refractivity contribution in [2.24, 2.45) is 5.92 Å². The highest BCUT2D eigenvalue weighted by Crippen LogP contribution is 2.34. The lowest BCUT2D eigenvalue weighted by Gasteiger charge is -2.16. The van der Waals surface area contributed by atoms with Crippen molar-refractivity contribution in [1.82, 2.24) is 19.1 Å². The summed E-state index contributed by atoms with van der Waals surface area (Å²) < 4.78 is 7.47. The fourth-order valence-electron chi connectivity index (χ4n) is 2.96. The minimum atomic E-state index is -1.16. The number of nitrogens with zero attached hydrogens (tertiary/aromatic N) is 3. The smallest absolute Gasteiger partial charge is 0.333 e. The van der Waals surface area contributed by atoms with E-state index in [0.29, 0.717) is 6.29 Å². The molecule has 3 heterocycles. The number of nitrogens with two attached hydrogens (primary N) is 1. The lowest BCUT2D eigenvalue weighted by Crippen LogP contribution is -2.33. The summed E-state index contributed by atoms with van der Waals surface area (Å²) in [4.78, 5) is 41.9. The van der Waals surface area contributed by atoms with Crippen molar-refractivity contribution in [2.45, 2.75) is 31.9 Å². The maximum atomic E-state index is 12.7. The Morgan fingerprint density at radius 3 is 2.75 bits per heavy atom. The van der Waals surface area contributed by atoms with Crippen LogP contribution in [0.5, 0.6) is 0 Å². The van der Waals surface area contributed by atoms with Crippen LogP contribution in [0.1, 0.15) is 13.2 Å². The SMILES string of the molecule is CC1C(CO)OC(n2c(=O)n(CC=O)c3c(=O)[nH]c(N)nc32)C1O. The van der Waals surface area contributed by atoms with Crippen molar-refractivity contribution >= 4 is 23.4 Å². The molecule has 0 spiro atoms. The number of aliphatic hydroxyl groups excluding tert-OH is 2. The first-order chi connectivity index (χ1) is 11.4. The number of rotatable bonds is 4. The van der Waals surface area contributed by atoms with Gasteiger partial charge in [0.2, 0.25) is 5.95 Å². The number of nitrogen functional groups attached to an aromatic ring is 1. The van der Waals surface area contributed by atoms with Gasteiger partial charge in [0.25, 0.3) is 5.56 Å². The highest BCUT2D eigenvalue weighted by atomic mass is 16.5. The van der Waals surface area contributed by atoms with Gasteiger partial charge in [0, 0.05) is 5.92 Å². The molecule has 2 aromatic heterocycles. The summed E-state index contributed by atoms with van der Waals surface area (Å²) in [5.74, 6) is -0.667. The highest BCUT2D eigenvalue weighted by molar-refractivity contribution is 5.73. The first kappa shape index (κ1) is 16.4. The zero-order valence-electron chi connectivity index (χ0n) is 12.7. The minimum absolute atomic E-state index is 0.0991. The van der Waals surface area contributed by atoms with E-state index in [1.165, 1.54) is 0 Å². The normalized spacial score (nSPS) is 27.0. The quantitative estimate of drug-likeness (QED) is 0.446. The van der Waals surface area contributed by atoms with E-state index in [-0.39, 0.29) is 30.3 Å². The number of hydrogen-bond donors (Lipinski definition) is 4. The van der Waals surface area contributed by atoms with Gasteiger partial charge in [-0.1, -0.05) is 6.92 Å². The van der Waals surface area contributed by atoms with E-state index < -0.39 is 35.6 Å². The molecule has 1 aliphatic heterocycles. The van der Waals surface area contributed by atoms with Gasteiger partial charge in [-0.25, -0.2) is 9.36 Å². The second-order valence-electron chi connectivity index (χ2n) is 5.65. The molecule has 3 rings (SSSR count). The summed E-state index contributed by atoms with van der Waals surface area (Å²) in [6, 6.07) is 0. The van der Waals surface area contributed by atoms with Crippen LogP contribution in [0.15, 0.2) is 9.59 Å². The number of aliphatic hydroxyl groups is 2. The van der Waals surface area contributed by atoms with Gasteiger partial charge in [-0.3, -0.25) is 14.3 Å². The predicted molar refractivity (Wildman–Crippen MR) is 81.3 cm³/mol. The second kappa shape index (κ2) is 5.85. The van der Waals surface area contributed by atoms with Gasteiger partial charge in [-0.2, -0.15) is 4.98 Å². The summed E-state index contributed by atoms with van der Waals surface area (Å²) >= 11 is 0. The third-order valence-electron chi connectivity index (χ3n) is 4.25. The summed E-state index contributed by atoms with van der Waals surface area (Å²) in [6.07, 6.45) is -2.49. The number of H-pyrrole nitrogens is 1. The molecule has 5 N–H and O–H groups in total. The number of hydrogen-bond acceptors (Lipinski definition) is 8. The van der Waals surface area contributed by atoms with Gasteiger partial charge < -0.3 is 25.5 Å². The molecule has 2 aromatic rings. The molecule has 11 nitrogen and oxygen atoms in total. The number of aldehydes is 1. The number of aromatic nitrogens is 4. The van der Waals surface area contributed by atoms with Crippen LogP contribution in [0, 0.1) is 5.92 Å². The lowest BCUT2D eigenvalue weighted by atomic mass is 10.0. The number of imidazole rings is 1. The number of nitrogens with one attached hydrogen (secondary N) is 1. The van der Waals surface area contributed by atoms with Crippen molar-refractivity contribution in [3.8, 4) is 0 Å². The van der Waals surface area contributed by atoms with E-state index in [1.54, 1.807) is 6.92 Å². The number of carbonyl (C=O) groups is 1. The molecular weight excluding hydrogens is 322 g/mol. The molecule has 11 heteroatoms. The van der Waals surface area contributed by atoms with Crippen LogP contribution in [0.2, 0.25) is 0 Å². The highest BCUT2D eigenvalue weighted by Gasteiger charge is 2.43. The Labute approximate surface area is 134 Å². The first-order valence-corrected chi connectivity index (χ1v) is 7.29. The van der Waals surface area contributed by atoms with Gasteiger partial charge in [-0.05, 0) is 0 Å². The van der Waals surface area contributed by atoms with Crippen molar-refractivity contribution in [3.05, 3.63) is 20.8 Å². The van der Waals surface area contributed by atoms with Crippen LogP contribution >= 0.6 is 0 Å². The van der Waals surface area contributed by atoms with Gasteiger partial charge >= 0.3 is 5.69 Å². The molecule has 4 unspecified atom stereocenters. The molecule has 1 aliphatic rings. The molecule has 4 atom stereocenters. The number of fused-ring (bicyclic) bond motifs is 1. The van der Waals surface area contributed by atoms with Crippen molar-refractivity contribution in [1.29, 1.82) is 0 Å². The lowest BCUT2D eigenvalue weighted by molar-refractivity contribution is -0.108. The number of ether oxygens (including phenoxy) is 1. The van der Waals surface area contributed by atoms with Crippen LogP contribution in [0.25, 0.3) is 11.2 Å². The van der Waals surface area contributed by atoms with E-state index in [0.717, 1.165) is 9.13 Å². The zero-order valence-corrected chi connectivity index (χ0v) is 12.7. The van der Waals surface area contributed by atoms with Gasteiger partial charge in [0.1, 0.15) is 12.4 Å². The molecule has 0 saturated carbocycles. The van der Waals surface area contributed by atoms with Gasteiger partial charge in [0.05, 0.1) is 19.3 Å². The fourth-order valence-corrected chi connectivity index (χ4v) is 2.96. The molecule has 24 heavy (non-hydrogen) atoms. The van der Waals surface area contributed by atoms with Gasteiger partial charge in [0.15, 0.2) is 17.4 Å². The molecule has 0 aromatic carbocycles. The van der Waals surface area contributed by atoms with Crippen LogP contribution < -0.4 is 17.0 Å². The predicted octanol–water partition coefficient (Wildman–Crippen LogP) is -2.45. The van der Waals surface area contributed by atoms with Crippen LogP contribution in [0.4, 0.5) is 5.95 Å². The largest absolute Gasteiger partial charge is 0.394 e. The van der Waals surface area contributed by atoms with Crippen LogP contribution in [-0.2, 0) is 16.1 Å². The molecule has 0 radical (unpaired) electrons. The summed E-state index contributed by atoms with van der Waals surface area (Å²) in [7, 11) is 0. The Kier molecular flexibility index (Phi) is 3.99. The Bertz CT molecular complexity index is 899. The van der Waals surface area contributed by atoms with Crippen LogP contribution in [0.3, 0.4) is 0 Å². The topological polar surface area (TPSA) is 165 Å². The monoisotopic (exact) mass is 339 g/mol. The van der Waals surface area contributed by atoms with E-state index in [2.05, 4.69) is 9.97 Å². The maximum Gasteiger partial charge on any atom is 0.333 e. The number of aromatic amines is 1. The van der Waals surface area contributed by atoms with Crippen molar-refractivity contribution in [3.63, 3.8) is 0 Å². The summed E-state index contributed by atoms with van der Waals surface area (Å²) in [5.41, 5.74) is 3.87. The van der Waals surface area contributed by atoms with E-state index in [9.17, 15) is 24.6 Å². The van der Waals surface area contributed by atoms with Crippen molar-refractivity contribution in [2.75, 3.05) is 12.3 Å². The Balaban J connectivity index is 2.29. The standard InChI is InChI=1S/C13H17N5O6/c1-5-6(4-20)24-11(8(5)21)18-9-7(10(22)16-12(14)15-9)17(2-3-19)13(18)23/h3,5-6,8,11,20-21H,2,4H2,1H3,(H3,14,15,16,22).